The van der Waals surface area contributed by atoms with Crippen molar-refractivity contribution < 1.29 is 14.6 Å². The molecule has 112 valence electrons. The number of aromatic nitrogens is 1. The second-order valence-electron chi connectivity index (χ2n) is 4.35. The Bertz CT molecular complexity index is 604. The lowest BCUT2D eigenvalue weighted by atomic mass is 10.1. The number of rotatable bonds is 6. The molecule has 0 aliphatic carbocycles. The molecule has 5 heteroatoms. The minimum atomic E-state index is -0.909. The average Bonchev–Trinajstić information content (AvgIpc) is 2.49. The monoisotopic (exact) mass is 307 g/mol. The highest BCUT2D eigenvalue weighted by Crippen LogP contribution is 2.33. The molecule has 0 spiro atoms. The van der Waals surface area contributed by atoms with E-state index in [0.29, 0.717) is 41.0 Å². The first-order chi connectivity index (χ1) is 10.2. The molecule has 0 radical (unpaired) electrons. The highest BCUT2D eigenvalue weighted by atomic mass is 35.5. The number of ether oxygens (including phenoxy) is 2. The van der Waals surface area contributed by atoms with Gasteiger partial charge in [0.15, 0.2) is 11.5 Å². The van der Waals surface area contributed by atoms with E-state index < -0.39 is 6.10 Å². The summed E-state index contributed by atoms with van der Waals surface area (Å²) in [6.07, 6.45) is 0.691. The SMILES string of the molecule is CCOc1ccc(C(O)c2ncccc2Cl)cc1OCC. The van der Waals surface area contributed by atoms with Gasteiger partial charge in [-0.1, -0.05) is 17.7 Å². The van der Waals surface area contributed by atoms with Crippen molar-refractivity contribution in [2.75, 3.05) is 13.2 Å². The van der Waals surface area contributed by atoms with E-state index in [4.69, 9.17) is 21.1 Å². The summed E-state index contributed by atoms with van der Waals surface area (Å²) in [7, 11) is 0. The van der Waals surface area contributed by atoms with Gasteiger partial charge in [-0.2, -0.15) is 0 Å². The molecule has 21 heavy (non-hydrogen) atoms. The van der Waals surface area contributed by atoms with E-state index in [1.807, 2.05) is 13.8 Å². The van der Waals surface area contributed by atoms with Crippen molar-refractivity contribution in [3.05, 3.63) is 52.8 Å². The van der Waals surface area contributed by atoms with Crippen LogP contribution in [0.3, 0.4) is 0 Å². The van der Waals surface area contributed by atoms with E-state index in [1.165, 1.54) is 0 Å². The summed E-state index contributed by atoms with van der Waals surface area (Å²) < 4.78 is 11.1. The maximum atomic E-state index is 10.4. The van der Waals surface area contributed by atoms with Crippen molar-refractivity contribution in [2.24, 2.45) is 0 Å². The average molecular weight is 308 g/mol. The minimum absolute atomic E-state index is 0.422. The minimum Gasteiger partial charge on any atom is -0.490 e. The van der Waals surface area contributed by atoms with E-state index in [-0.39, 0.29) is 0 Å². The van der Waals surface area contributed by atoms with E-state index in [2.05, 4.69) is 4.98 Å². The summed E-state index contributed by atoms with van der Waals surface area (Å²) in [5, 5.41) is 10.9. The second-order valence-corrected chi connectivity index (χ2v) is 4.75. The number of hydrogen-bond acceptors (Lipinski definition) is 4. The summed E-state index contributed by atoms with van der Waals surface area (Å²) in [4.78, 5) is 4.13. The number of nitrogens with zero attached hydrogens (tertiary/aromatic N) is 1. The first-order valence-electron chi connectivity index (χ1n) is 6.85. The van der Waals surface area contributed by atoms with Crippen LogP contribution in [-0.4, -0.2) is 23.3 Å². The predicted molar refractivity (Wildman–Crippen MR) is 82.1 cm³/mol. The fraction of sp³-hybridized carbons (Fsp3) is 0.312. The fourth-order valence-electron chi connectivity index (χ4n) is 1.99. The number of pyridine rings is 1. The first kappa shape index (κ1) is 15.6. The van der Waals surface area contributed by atoms with Gasteiger partial charge in [0.1, 0.15) is 6.10 Å². The predicted octanol–water partition coefficient (Wildman–Crippen LogP) is 3.61. The zero-order chi connectivity index (χ0) is 15.2. The van der Waals surface area contributed by atoms with Crippen LogP contribution < -0.4 is 9.47 Å². The molecular weight excluding hydrogens is 290 g/mol. The van der Waals surface area contributed by atoms with Gasteiger partial charge in [-0.05, 0) is 43.7 Å². The zero-order valence-corrected chi connectivity index (χ0v) is 12.8. The Labute approximate surface area is 129 Å². The molecule has 1 aromatic heterocycles. The van der Waals surface area contributed by atoms with Gasteiger partial charge in [-0.3, -0.25) is 4.98 Å². The van der Waals surface area contributed by atoms with Crippen LogP contribution in [0.15, 0.2) is 36.5 Å². The molecule has 2 aromatic rings. The van der Waals surface area contributed by atoms with Gasteiger partial charge in [0, 0.05) is 6.20 Å². The number of aliphatic hydroxyl groups excluding tert-OH is 1. The van der Waals surface area contributed by atoms with Crippen molar-refractivity contribution in [3.8, 4) is 11.5 Å². The number of benzene rings is 1. The highest BCUT2D eigenvalue weighted by molar-refractivity contribution is 6.31. The quantitative estimate of drug-likeness (QED) is 0.885. The molecule has 2 rings (SSSR count). The molecule has 1 heterocycles. The third-order valence-electron chi connectivity index (χ3n) is 2.93. The van der Waals surface area contributed by atoms with Crippen LogP contribution in [-0.2, 0) is 0 Å². The van der Waals surface area contributed by atoms with Crippen LogP contribution >= 0.6 is 11.6 Å². The van der Waals surface area contributed by atoms with Gasteiger partial charge in [0.2, 0.25) is 0 Å². The number of hydrogen-bond donors (Lipinski definition) is 1. The first-order valence-corrected chi connectivity index (χ1v) is 7.23. The molecule has 4 nitrogen and oxygen atoms in total. The third kappa shape index (κ3) is 3.65. The molecule has 1 N–H and O–H groups in total. The van der Waals surface area contributed by atoms with E-state index in [0.717, 1.165) is 0 Å². The molecule has 0 bridgehead atoms. The Kier molecular flexibility index (Phi) is 5.42. The van der Waals surface area contributed by atoms with Gasteiger partial charge in [0.25, 0.3) is 0 Å². The van der Waals surface area contributed by atoms with Crippen molar-refractivity contribution in [3.63, 3.8) is 0 Å². The Morgan fingerprint density at radius 3 is 2.52 bits per heavy atom. The Morgan fingerprint density at radius 2 is 1.86 bits per heavy atom. The van der Waals surface area contributed by atoms with Crippen LogP contribution in [0.2, 0.25) is 5.02 Å². The molecule has 0 saturated heterocycles. The van der Waals surface area contributed by atoms with Crippen molar-refractivity contribution in [2.45, 2.75) is 20.0 Å². The zero-order valence-electron chi connectivity index (χ0n) is 12.0. The highest BCUT2D eigenvalue weighted by Gasteiger charge is 2.17. The lowest BCUT2D eigenvalue weighted by Gasteiger charge is -2.16. The van der Waals surface area contributed by atoms with Crippen LogP contribution in [0.5, 0.6) is 11.5 Å². The van der Waals surface area contributed by atoms with Crippen LogP contribution in [0.25, 0.3) is 0 Å². The smallest absolute Gasteiger partial charge is 0.161 e. The Balaban J connectivity index is 2.35. The van der Waals surface area contributed by atoms with Gasteiger partial charge >= 0.3 is 0 Å². The summed E-state index contributed by atoms with van der Waals surface area (Å²) in [5.41, 5.74) is 1.08. The van der Waals surface area contributed by atoms with Gasteiger partial charge in [0.05, 0.1) is 23.9 Å². The molecule has 0 amide bonds. The topological polar surface area (TPSA) is 51.6 Å². The Morgan fingerprint density at radius 1 is 1.14 bits per heavy atom. The summed E-state index contributed by atoms with van der Waals surface area (Å²) in [5.74, 6) is 1.25. The molecule has 1 atom stereocenters. The molecule has 1 unspecified atom stereocenters. The van der Waals surface area contributed by atoms with E-state index in [9.17, 15) is 5.11 Å². The van der Waals surface area contributed by atoms with Gasteiger partial charge in [-0.15, -0.1) is 0 Å². The van der Waals surface area contributed by atoms with Crippen LogP contribution in [0.1, 0.15) is 31.2 Å². The lowest BCUT2D eigenvalue weighted by Crippen LogP contribution is -2.05. The summed E-state index contributed by atoms with van der Waals surface area (Å²) >= 11 is 6.07. The number of halogens is 1. The molecular formula is C16H18ClNO3. The van der Waals surface area contributed by atoms with Crippen molar-refractivity contribution >= 4 is 11.6 Å². The Hall–Kier alpha value is -1.78. The van der Waals surface area contributed by atoms with Crippen molar-refractivity contribution in [1.29, 1.82) is 0 Å². The maximum absolute atomic E-state index is 10.4. The van der Waals surface area contributed by atoms with E-state index >= 15 is 0 Å². The van der Waals surface area contributed by atoms with Gasteiger partial charge in [-0.25, -0.2) is 0 Å². The molecule has 0 fully saturated rings. The molecule has 1 aromatic carbocycles. The van der Waals surface area contributed by atoms with E-state index in [1.54, 1.807) is 36.5 Å². The van der Waals surface area contributed by atoms with Gasteiger partial charge < -0.3 is 14.6 Å². The standard InChI is InChI=1S/C16H18ClNO3/c1-3-20-13-8-7-11(10-14(13)21-4-2)16(19)15-12(17)6-5-9-18-15/h5-10,16,19H,3-4H2,1-2H3. The second kappa shape index (κ2) is 7.29. The fourth-order valence-corrected chi connectivity index (χ4v) is 2.22. The summed E-state index contributed by atoms with van der Waals surface area (Å²) in [6, 6.07) is 8.74. The summed E-state index contributed by atoms with van der Waals surface area (Å²) in [6.45, 7) is 4.87. The van der Waals surface area contributed by atoms with Crippen molar-refractivity contribution in [1.82, 2.24) is 4.98 Å². The maximum Gasteiger partial charge on any atom is 0.161 e. The normalized spacial score (nSPS) is 12.0. The van der Waals surface area contributed by atoms with Crippen LogP contribution in [0, 0.1) is 0 Å². The largest absolute Gasteiger partial charge is 0.490 e. The lowest BCUT2D eigenvalue weighted by molar-refractivity contribution is 0.214. The molecule has 0 saturated carbocycles. The molecule has 0 aliphatic rings. The third-order valence-corrected chi connectivity index (χ3v) is 3.25. The van der Waals surface area contributed by atoms with Crippen LogP contribution in [0.4, 0.5) is 0 Å². The molecule has 0 aliphatic heterocycles. The number of aliphatic hydroxyl groups is 1.